The normalized spacial score (nSPS) is 12.2. The number of aliphatic hydroxyl groups is 1. The number of amides is 1. The summed E-state index contributed by atoms with van der Waals surface area (Å²) in [6, 6.07) is 5.43. The van der Waals surface area contributed by atoms with E-state index in [-0.39, 0.29) is 12.5 Å². The molecule has 1 aromatic rings. The van der Waals surface area contributed by atoms with Crippen molar-refractivity contribution in [3.05, 3.63) is 34.9 Å². The van der Waals surface area contributed by atoms with Gasteiger partial charge in [0.2, 0.25) is 5.91 Å². The zero-order chi connectivity index (χ0) is 12.8. The summed E-state index contributed by atoms with van der Waals surface area (Å²) in [6.45, 7) is 4.33. The summed E-state index contributed by atoms with van der Waals surface area (Å²) in [6.07, 6.45) is 0.774. The lowest BCUT2D eigenvalue weighted by Gasteiger charge is -2.11. The van der Waals surface area contributed by atoms with Crippen LogP contribution in [0.3, 0.4) is 0 Å². The van der Waals surface area contributed by atoms with Crippen LogP contribution in [0.2, 0.25) is 0 Å². The molecule has 1 aromatic carbocycles. The SMILES string of the molecule is Cc1ccc(CCNC(=O)C(N)CO)c(C)c1. The molecule has 0 saturated carbocycles. The van der Waals surface area contributed by atoms with E-state index in [2.05, 4.69) is 37.4 Å². The maximum absolute atomic E-state index is 11.3. The van der Waals surface area contributed by atoms with Crippen molar-refractivity contribution in [2.24, 2.45) is 5.73 Å². The molecule has 4 nitrogen and oxygen atoms in total. The van der Waals surface area contributed by atoms with Crippen LogP contribution in [0.15, 0.2) is 18.2 Å². The Kier molecular flexibility index (Phi) is 5.12. The number of aliphatic hydroxyl groups excluding tert-OH is 1. The van der Waals surface area contributed by atoms with E-state index in [1.54, 1.807) is 0 Å². The molecule has 4 heteroatoms. The quantitative estimate of drug-likeness (QED) is 0.687. The third-order valence-corrected chi connectivity index (χ3v) is 2.73. The topological polar surface area (TPSA) is 75.4 Å². The number of rotatable bonds is 5. The van der Waals surface area contributed by atoms with Crippen molar-refractivity contribution in [3.63, 3.8) is 0 Å². The first-order chi connectivity index (χ1) is 8.04. The van der Waals surface area contributed by atoms with Crippen molar-refractivity contribution in [3.8, 4) is 0 Å². The van der Waals surface area contributed by atoms with Crippen LogP contribution in [-0.2, 0) is 11.2 Å². The van der Waals surface area contributed by atoms with Gasteiger partial charge >= 0.3 is 0 Å². The van der Waals surface area contributed by atoms with E-state index in [1.165, 1.54) is 16.7 Å². The van der Waals surface area contributed by atoms with E-state index in [1.807, 2.05) is 0 Å². The number of hydrogen-bond donors (Lipinski definition) is 3. The average Bonchev–Trinajstić information content (AvgIpc) is 2.30. The molecule has 94 valence electrons. The van der Waals surface area contributed by atoms with Crippen molar-refractivity contribution < 1.29 is 9.90 Å². The molecule has 0 aliphatic carbocycles. The zero-order valence-electron chi connectivity index (χ0n) is 10.4. The third kappa shape index (κ3) is 4.17. The van der Waals surface area contributed by atoms with Crippen LogP contribution in [-0.4, -0.2) is 30.2 Å². The van der Waals surface area contributed by atoms with Gasteiger partial charge in [0.25, 0.3) is 0 Å². The Morgan fingerprint density at radius 1 is 1.47 bits per heavy atom. The minimum atomic E-state index is -0.825. The minimum Gasteiger partial charge on any atom is -0.394 e. The molecular formula is C13H20N2O2. The first-order valence-corrected chi connectivity index (χ1v) is 5.75. The summed E-state index contributed by atoms with van der Waals surface area (Å²) < 4.78 is 0. The van der Waals surface area contributed by atoms with E-state index in [4.69, 9.17) is 10.8 Å². The van der Waals surface area contributed by atoms with Crippen LogP contribution in [0.1, 0.15) is 16.7 Å². The maximum Gasteiger partial charge on any atom is 0.239 e. The highest BCUT2D eigenvalue weighted by molar-refractivity contribution is 5.81. The number of nitrogens with two attached hydrogens (primary N) is 1. The highest BCUT2D eigenvalue weighted by Gasteiger charge is 2.10. The fraction of sp³-hybridized carbons (Fsp3) is 0.462. The molecule has 0 aliphatic heterocycles. The first-order valence-electron chi connectivity index (χ1n) is 5.75. The van der Waals surface area contributed by atoms with Gasteiger partial charge in [-0.25, -0.2) is 0 Å². The number of carbonyl (C=O) groups is 1. The molecule has 17 heavy (non-hydrogen) atoms. The summed E-state index contributed by atoms with van der Waals surface area (Å²) in [4.78, 5) is 11.3. The smallest absolute Gasteiger partial charge is 0.239 e. The number of benzene rings is 1. The summed E-state index contributed by atoms with van der Waals surface area (Å²) in [5.41, 5.74) is 9.06. The van der Waals surface area contributed by atoms with E-state index < -0.39 is 6.04 Å². The molecular weight excluding hydrogens is 216 g/mol. The molecule has 0 bridgehead atoms. The fourth-order valence-corrected chi connectivity index (χ4v) is 1.66. The number of nitrogens with one attached hydrogen (secondary N) is 1. The molecule has 1 atom stereocenters. The Balaban J connectivity index is 2.43. The third-order valence-electron chi connectivity index (χ3n) is 2.73. The second-order valence-electron chi connectivity index (χ2n) is 4.26. The van der Waals surface area contributed by atoms with E-state index >= 15 is 0 Å². The molecule has 1 unspecified atom stereocenters. The largest absolute Gasteiger partial charge is 0.394 e. The number of hydrogen-bond acceptors (Lipinski definition) is 3. The van der Waals surface area contributed by atoms with Crippen molar-refractivity contribution in [2.75, 3.05) is 13.2 Å². The van der Waals surface area contributed by atoms with Crippen molar-refractivity contribution in [1.29, 1.82) is 0 Å². The van der Waals surface area contributed by atoms with E-state index in [0.29, 0.717) is 6.54 Å². The highest BCUT2D eigenvalue weighted by atomic mass is 16.3. The molecule has 0 spiro atoms. The second-order valence-corrected chi connectivity index (χ2v) is 4.26. The lowest BCUT2D eigenvalue weighted by atomic mass is 10.0. The van der Waals surface area contributed by atoms with Crippen molar-refractivity contribution >= 4 is 5.91 Å². The Morgan fingerprint density at radius 3 is 2.76 bits per heavy atom. The Hall–Kier alpha value is -1.39. The molecule has 4 N–H and O–H groups in total. The molecule has 0 radical (unpaired) electrons. The van der Waals surface area contributed by atoms with Crippen LogP contribution < -0.4 is 11.1 Å². The average molecular weight is 236 g/mol. The minimum absolute atomic E-state index is 0.308. The van der Waals surface area contributed by atoms with Gasteiger partial charge in [-0.1, -0.05) is 23.8 Å². The van der Waals surface area contributed by atoms with Gasteiger partial charge in [-0.15, -0.1) is 0 Å². The Morgan fingerprint density at radius 2 is 2.18 bits per heavy atom. The maximum atomic E-state index is 11.3. The van der Waals surface area contributed by atoms with E-state index in [0.717, 1.165) is 6.42 Å². The molecule has 0 saturated heterocycles. The van der Waals surface area contributed by atoms with Gasteiger partial charge < -0.3 is 16.2 Å². The summed E-state index contributed by atoms with van der Waals surface area (Å²) in [5, 5.41) is 11.4. The van der Waals surface area contributed by atoms with Gasteiger partial charge in [-0.2, -0.15) is 0 Å². The van der Waals surface area contributed by atoms with Gasteiger partial charge in [0.05, 0.1) is 6.61 Å². The van der Waals surface area contributed by atoms with Crippen LogP contribution >= 0.6 is 0 Å². The molecule has 0 fully saturated rings. The molecule has 0 aromatic heterocycles. The zero-order valence-corrected chi connectivity index (χ0v) is 10.4. The predicted octanol–water partition coefficient (Wildman–Crippen LogP) is 0.282. The van der Waals surface area contributed by atoms with Gasteiger partial charge in [-0.05, 0) is 31.4 Å². The van der Waals surface area contributed by atoms with Gasteiger partial charge in [0.15, 0.2) is 0 Å². The van der Waals surface area contributed by atoms with Crippen molar-refractivity contribution in [1.82, 2.24) is 5.32 Å². The Labute approximate surface area is 102 Å². The molecule has 1 amide bonds. The molecule has 0 heterocycles. The second kappa shape index (κ2) is 6.37. The summed E-state index contributed by atoms with van der Waals surface area (Å²) in [5.74, 6) is -0.308. The van der Waals surface area contributed by atoms with Gasteiger partial charge in [-0.3, -0.25) is 4.79 Å². The lowest BCUT2D eigenvalue weighted by molar-refractivity contribution is -0.123. The van der Waals surface area contributed by atoms with Crippen LogP contribution in [0.4, 0.5) is 0 Å². The van der Waals surface area contributed by atoms with Gasteiger partial charge in [0.1, 0.15) is 6.04 Å². The Bertz CT molecular complexity index is 391. The van der Waals surface area contributed by atoms with Crippen LogP contribution in [0.25, 0.3) is 0 Å². The lowest BCUT2D eigenvalue weighted by Crippen LogP contribution is -2.43. The molecule has 0 aliphatic rings. The van der Waals surface area contributed by atoms with E-state index in [9.17, 15) is 4.79 Å². The summed E-state index contributed by atoms with van der Waals surface area (Å²) >= 11 is 0. The first kappa shape index (κ1) is 13.7. The van der Waals surface area contributed by atoms with Crippen molar-refractivity contribution in [2.45, 2.75) is 26.3 Å². The van der Waals surface area contributed by atoms with Crippen LogP contribution in [0, 0.1) is 13.8 Å². The molecule has 1 rings (SSSR count). The highest BCUT2D eigenvalue weighted by Crippen LogP contribution is 2.10. The number of carbonyl (C=O) groups excluding carboxylic acids is 1. The standard InChI is InChI=1S/C13H20N2O2/c1-9-3-4-11(10(2)7-9)5-6-15-13(17)12(14)8-16/h3-4,7,12,16H,5-6,8,14H2,1-2H3,(H,15,17). The summed E-state index contributed by atoms with van der Waals surface area (Å²) in [7, 11) is 0. The predicted molar refractivity (Wildman–Crippen MR) is 67.7 cm³/mol. The van der Waals surface area contributed by atoms with Crippen LogP contribution in [0.5, 0.6) is 0 Å². The monoisotopic (exact) mass is 236 g/mol. The number of aryl methyl sites for hydroxylation is 2. The van der Waals surface area contributed by atoms with Gasteiger partial charge in [0, 0.05) is 6.54 Å². The fourth-order valence-electron chi connectivity index (χ4n) is 1.66.